The zero-order chi connectivity index (χ0) is 17.3. The van der Waals surface area contributed by atoms with Gasteiger partial charge < -0.3 is 20.1 Å². The molecule has 2 aromatic rings. The highest BCUT2D eigenvalue weighted by Crippen LogP contribution is 2.24. The van der Waals surface area contributed by atoms with Crippen molar-refractivity contribution in [1.29, 1.82) is 0 Å². The fourth-order valence-electron chi connectivity index (χ4n) is 2.88. The minimum absolute atomic E-state index is 0.0975. The van der Waals surface area contributed by atoms with Gasteiger partial charge in [0.15, 0.2) is 5.82 Å². The second kappa shape index (κ2) is 6.31. The van der Waals surface area contributed by atoms with Crippen LogP contribution in [0.2, 0.25) is 0 Å². The molecule has 24 heavy (non-hydrogen) atoms. The van der Waals surface area contributed by atoms with E-state index in [1.807, 2.05) is 9.80 Å². The number of rotatable bonds is 3. The molecule has 0 saturated carbocycles. The van der Waals surface area contributed by atoms with Crippen LogP contribution in [-0.2, 0) is 7.05 Å². The first-order chi connectivity index (χ1) is 11.5. The molecule has 0 aliphatic carbocycles. The number of nitrogens with zero attached hydrogens (tertiary/aromatic N) is 4. The maximum Gasteiger partial charge on any atom is 0.293 e. The summed E-state index contributed by atoms with van der Waals surface area (Å²) in [7, 11) is 1.68. The Bertz CT molecular complexity index is 827. The summed E-state index contributed by atoms with van der Waals surface area (Å²) in [6, 6.07) is 4.45. The molecule has 8 heteroatoms. The number of halogens is 1. The van der Waals surface area contributed by atoms with Crippen molar-refractivity contribution in [1.82, 2.24) is 9.55 Å². The van der Waals surface area contributed by atoms with Crippen LogP contribution in [0.15, 0.2) is 35.4 Å². The van der Waals surface area contributed by atoms with Gasteiger partial charge in [-0.1, -0.05) is 6.07 Å². The van der Waals surface area contributed by atoms with Gasteiger partial charge in [0, 0.05) is 45.6 Å². The zero-order valence-electron chi connectivity index (χ0n) is 13.3. The third kappa shape index (κ3) is 2.82. The highest BCUT2D eigenvalue weighted by Gasteiger charge is 2.24. The zero-order valence-corrected chi connectivity index (χ0v) is 13.3. The summed E-state index contributed by atoms with van der Waals surface area (Å²) < 4.78 is 15.4. The Kier molecular flexibility index (Phi) is 4.20. The van der Waals surface area contributed by atoms with Gasteiger partial charge in [-0.2, -0.15) is 0 Å². The normalized spacial score (nSPS) is 14.8. The fourth-order valence-corrected chi connectivity index (χ4v) is 2.88. The first-order valence-corrected chi connectivity index (χ1v) is 7.59. The van der Waals surface area contributed by atoms with Gasteiger partial charge in [0.25, 0.3) is 11.5 Å². The number of amides is 1. The number of nitrogens with two attached hydrogens (primary N) is 1. The Morgan fingerprint density at radius 3 is 2.54 bits per heavy atom. The van der Waals surface area contributed by atoms with E-state index in [1.165, 1.54) is 10.6 Å². The average molecular weight is 331 g/mol. The van der Waals surface area contributed by atoms with Crippen LogP contribution in [0, 0.1) is 5.82 Å². The number of hydrogen-bond donors (Lipinski definition) is 1. The van der Waals surface area contributed by atoms with E-state index in [0.29, 0.717) is 37.7 Å². The summed E-state index contributed by atoms with van der Waals surface area (Å²) in [5.41, 5.74) is 5.53. The lowest BCUT2D eigenvalue weighted by molar-refractivity contribution is 0.0997. The van der Waals surface area contributed by atoms with Crippen LogP contribution in [0.1, 0.15) is 10.4 Å². The molecule has 0 atom stereocenters. The summed E-state index contributed by atoms with van der Waals surface area (Å²) in [5, 5.41) is 0. The third-order valence-electron chi connectivity index (χ3n) is 4.16. The molecule has 1 aliphatic rings. The molecule has 7 nitrogen and oxygen atoms in total. The van der Waals surface area contributed by atoms with Crippen molar-refractivity contribution in [3.8, 4) is 0 Å². The number of carbonyl (C=O) groups is 1. The summed E-state index contributed by atoms with van der Waals surface area (Å²) >= 11 is 0. The van der Waals surface area contributed by atoms with Crippen molar-refractivity contribution in [2.45, 2.75) is 0 Å². The van der Waals surface area contributed by atoms with Crippen molar-refractivity contribution in [3.63, 3.8) is 0 Å². The van der Waals surface area contributed by atoms with Crippen LogP contribution in [0.5, 0.6) is 0 Å². The van der Waals surface area contributed by atoms with E-state index in [4.69, 9.17) is 5.73 Å². The summed E-state index contributed by atoms with van der Waals surface area (Å²) in [4.78, 5) is 31.6. The molecular weight excluding hydrogens is 313 g/mol. The minimum atomic E-state index is -0.788. The smallest absolute Gasteiger partial charge is 0.293 e. The molecule has 1 aromatic heterocycles. The van der Waals surface area contributed by atoms with E-state index >= 15 is 0 Å². The van der Waals surface area contributed by atoms with Crippen LogP contribution in [0.3, 0.4) is 0 Å². The van der Waals surface area contributed by atoms with Crippen LogP contribution in [0.4, 0.5) is 15.9 Å². The molecule has 1 fully saturated rings. The molecule has 2 heterocycles. The number of piperazine rings is 1. The monoisotopic (exact) mass is 331 g/mol. The van der Waals surface area contributed by atoms with Crippen LogP contribution >= 0.6 is 0 Å². The lowest BCUT2D eigenvalue weighted by Crippen LogP contribution is -2.49. The molecule has 1 aliphatic heterocycles. The van der Waals surface area contributed by atoms with Gasteiger partial charge in [0.05, 0.1) is 11.3 Å². The fraction of sp³-hybridized carbons (Fsp3) is 0.312. The van der Waals surface area contributed by atoms with Gasteiger partial charge in [-0.25, -0.2) is 9.37 Å². The van der Waals surface area contributed by atoms with Gasteiger partial charge in [0.2, 0.25) is 0 Å². The first kappa shape index (κ1) is 16.0. The van der Waals surface area contributed by atoms with E-state index < -0.39 is 11.7 Å². The quantitative estimate of drug-likeness (QED) is 0.877. The molecule has 1 aromatic carbocycles. The molecule has 0 unspecified atom stereocenters. The van der Waals surface area contributed by atoms with Crippen molar-refractivity contribution < 1.29 is 9.18 Å². The van der Waals surface area contributed by atoms with Gasteiger partial charge in [-0.3, -0.25) is 9.59 Å². The SMILES string of the molecule is Cn1ccnc(N2CCN(c3cccc(F)c3C(N)=O)CC2)c1=O. The van der Waals surface area contributed by atoms with Gasteiger partial charge >= 0.3 is 0 Å². The molecule has 2 N–H and O–H groups in total. The van der Waals surface area contributed by atoms with E-state index in [2.05, 4.69) is 4.98 Å². The first-order valence-electron chi connectivity index (χ1n) is 7.59. The number of primary amides is 1. The number of hydrogen-bond acceptors (Lipinski definition) is 5. The third-order valence-corrected chi connectivity index (χ3v) is 4.16. The van der Waals surface area contributed by atoms with E-state index in [1.54, 1.807) is 31.6 Å². The Morgan fingerprint density at radius 1 is 1.21 bits per heavy atom. The average Bonchev–Trinajstić information content (AvgIpc) is 2.57. The molecular formula is C16H18FN5O2. The summed E-state index contributed by atoms with van der Waals surface area (Å²) in [5.74, 6) is -1.01. The predicted molar refractivity (Wildman–Crippen MR) is 88.8 cm³/mol. The van der Waals surface area contributed by atoms with Crippen LogP contribution in [-0.4, -0.2) is 41.6 Å². The van der Waals surface area contributed by atoms with Gasteiger partial charge in [-0.05, 0) is 12.1 Å². The number of aromatic nitrogens is 2. The van der Waals surface area contributed by atoms with Crippen molar-refractivity contribution >= 4 is 17.4 Å². The summed E-state index contributed by atoms with van der Waals surface area (Å²) in [6.07, 6.45) is 3.19. The van der Waals surface area contributed by atoms with E-state index in [0.717, 1.165) is 0 Å². The minimum Gasteiger partial charge on any atom is -0.367 e. The predicted octanol–water partition coefficient (Wildman–Crippen LogP) is 0.345. The Balaban J connectivity index is 1.81. The van der Waals surface area contributed by atoms with E-state index in [-0.39, 0.29) is 11.1 Å². The molecule has 1 saturated heterocycles. The Hall–Kier alpha value is -2.90. The van der Waals surface area contributed by atoms with Crippen molar-refractivity contribution in [3.05, 3.63) is 52.3 Å². The van der Waals surface area contributed by atoms with Gasteiger partial charge in [-0.15, -0.1) is 0 Å². The highest BCUT2D eigenvalue weighted by molar-refractivity contribution is 5.99. The van der Waals surface area contributed by atoms with Crippen LogP contribution in [0.25, 0.3) is 0 Å². The number of anilines is 2. The second-order valence-corrected chi connectivity index (χ2v) is 5.64. The molecule has 0 spiro atoms. The highest BCUT2D eigenvalue weighted by atomic mass is 19.1. The second-order valence-electron chi connectivity index (χ2n) is 5.64. The van der Waals surface area contributed by atoms with Gasteiger partial charge in [0.1, 0.15) is 5.82 Å². The Labute approximate surface area is 138 Å². The topological polar surface area (TPSA) is 84.5 Å². The maximum atomic E-state index is 13.9. The lowest BCUT2D eigenvalue weighted by atomic mass is 10.1. The number of aryl methyl sites for hydroxylation is 1. The molecule has 1 amide bonds. The largest absolute Gasteiger partial charge is 0.367 e. The Morgan fingerprint density at radius 2 is 1.88 bits per heavy atom. The van der Waals surface area contributed by atoms with E-state index in [9.17, 15) is 14.0 Å². The molecule has 0 radical (unpaired) electrons. The van der Waals surface area contributed by atoms with Crippen molar-refractivity contribution in [2.75, 3.05) is 36.0 Å². The lowest BCUT2D eigenvalue weighted by Gasteiger charge is -2.37. The standard InChI is InChI=1S/C16H18FN5O2/c1-20-6-5-19-15(16(20)24)22-9-7-21(8-10-22)12-4-2-3-11(17)13(12)14(18)23/h2-6H,7-10H2,1H3,(H2,18,23). The van der Waals surface area contributed by atoms with Crippen LogP contribution < -0.4 is 21.1 Å². The molecule has 3 rings (SSSR count). The summed E-state index contributed by atoms with van der Waals surface area (Å²) in [6.45, 7) is 2.15. The van der Waals surface area contributed by atoms with Crippen molar-refractivity contribution in [2.24, 2.45) is 12.8 Å². The number of benzene rings is 1. The molecule has 0 bridgehead atoms. The molecule has 126 valence electrons. The maximum absolute atomic E-state index is 13.9. The number of carbonyl (C=O) groups excluding carboxylic acids is 1.